The summed E-state index contributed by atoms with van der Waals surface area (Å²) in [5, 5.41) is 6.79. The molecule has 0 amide bonds. The van der Waals surface area contributed by atoms with Crippen molar-refractivity contribution >= 4 is 5.96 Å². The number of hydrogen-bond acceptors (Lipinski definition) is 3. The van der Waals surface area contributed by atoms with E-state index in [0.717, 1.165) is 43.2 Å². The summed E-state index contributed by atoms with van der Waals surface area (Å²) < 4.78 is 6.29. The van der Waals surface area contributed by atoms with Crippen molar-refractivity contribution in [2.45, 2.75) is 58.6 Å². The summed E-state index contributed by atoms with van der Waals surface area (Å²) in [7, 11) is 1.80. The van der Waals surface area contributed by atoms with Crippen molar-refractivity contribution < 1.29 is 4.74 Å². The van der Waals surface area contributed by atoms with Gasteiger partial charge in [-0.25, -0.2) is 0 Å². The number of guanidine groups is 1. The van der Waals surface area contributed by atoms with Gasteiger partial charge in [0.2, 0.25) is 0 Å². The summed E-state index contributed by atoms with van der Waals surface area (Å²) in [5.74, 6) is 1.80. The Hall–Kier alpha value is -2.56. The maximum atomic E-state index is 6.29. The van der Waals surface area contributed by atoms with Gasteiger partial charge < -0.3 is 15.4 Å². The third-order valence-corrected chi connectivity index (χ3v) is 5.17. The van der Waals surface area contributed by atoms with Gasteiger partial charge in [-0.1, -0.05) is 18.2 Å². The summed E-state index contributed by atoms with van der Waals surface area (Å²) in [6.45, 7) is 5.61. The monoisotopic (exact) mass is 380 g/mol. The van der Waals surface area contributed by atoms with Crippen LogP contribution in [0.4, 0.5) is 0 Å². The standard InChI is InChI=1S/C23H32N4O/c1-17-8-11-20(22(14-17)28-21-6-4-5-7-21)16-27-23(24-3)25-13-12-19-10-9-18(2)26-15-19/h8-11,14-15,21H,4-7,12-13,16H2,1-3H3,(H2,24,25,27). The first-order valence-corrected chi connectivity index (χ1v) is 10.3. The van der Waals surface area contributed by atoms with Crippen molar-refractivity contribution in [1.82, 2.24) is 15.6 Å². The molecule has 5 heteroatoms. The van der Waals surface area contributed by atoms with Crippen LogP contribution in [0, 0.1) is 13.8 Å². The van der Waals surface area contributed by atoms with Gasteiger partial charge in [0.15, 0.2) is 5.96 Å². The first-order chi connectivity index (χ1) is 13.6. The molecule has 1 aliphatic rings. The highest BCUT2D eigenvalue weighted by Gasteiger charge is 2.18. The van der Waals surface area contributed by atoms with Gasteiger partial charge in [0, 0.05) is 37.6 Å². The van der Waals surface area contributed by atoms with Crippen molar-refractivity contribution in [3.8, 4) is 5.75 Å². The van der Waals surface area contributed by atoms with E-state index in [0.29, 0.717) is 12.6 Å². The van der Waals surface area contributed by atoms with Crippen LogP contribution in [0.1, 0.15) is 48.1 Å². The first-order valence-electron chi connectivity index (χ1n) is 10.3. The number of benzene rings is 1. The molecular weight excluding hydrogens is 348 g/mol. The van der Waals surface area contributed by atoms with Crippen LogP contribution in [0.3, 0.4) is 0 Å². The Morgan fingerprint density at radius 2 is 1.96 bits per heavy atom. The van der Waals surface area contributed by atoms with Crippen molar-refractivity contribution in [2.75, 3.05) is 13.6 Å². The van der Waals surface area contributed by atoms with Gasteiger partial charge in [-0.2, -0.15) is 0 Å². The SMILES string of the molecule is CN=C(NCCc1ccc(C)nc1)NCc1ccc(C)cc1OC1CCCC1. The van der Waals surface area contributed by atoms with E-state index in [1.54, 1.807) is 7.05 Å². The van der Waals surface area contributed by atoms with E-state index in [1.807, 2.05) is 19.2 Å². The van der Waals surface area contributed by atoms with Crippen LogP contribution in [-0.2, 0) is 13.0 Å². The molecule has 1 aliphatic carbocycles. The second-order valence-electron chi connectivity index (χ2n) is 7.55. The predicted molar refractivity (Wildman–Crippen MR) is 115 cm³/mol. The molecule has 1 saturated carbocycles. The van der Waals surface area contributed by atoms with E-state index < -0.39 is 0 Å². The molecular formula is C23H32N4O. The molecule has 0 atom stereocenters. The van der Waals surface area contributed by atoms with Gasteiger partial charge in [0.1, 0.15) is 5.75 Å². The van der Waals surface area contributed by atoms with Gasteiger partial charge >= 0.3 is 0 Å². The molecule has 0 saturated heterocycles. The summed E-state index contributed by atoms with van der Waals surface area (Å²) in [6.07, 6.45) is 8.09. The number of pyridine rings is 1. The van der Waals surface area contributed by atoms with E-state index in [-0.39, 0.29) is 0 Å². The average molecular weight is 381 g/mol. The molecule has 1 fully saturated rings. The van der Waals surface area contributed by atoms with Crippen molar-refractivity contribution in [3.05, 3.63) is 58.9 Å². The molecule has 2 N–H and O–H groups in total. The number of rotatable bonds is 7. The number of nitrogens with one attached hydrogen (secondary N) is 2. The molecule has 2 aromatic rings. The third kappa shape index (κ3) is 5.98. The van der Waals surface area contributed by atoms with E-state index in [1.165, 1.54) is 29.5 Å². The Morgan fingerprint density at radius 3 is 2.68 bits per heavy atom. The molecule has 0 spiro atoms. The number of aliphatic imine (C=N–C) groups is 1. The Kier molecular flexibility index (Phi) is 7.29. The van der Waals surface area contributed by atoms with Gasteiger partial charge in [-0.05, 0) is 69.2 Å². The van der Waals surface area contributed by atoms with Crippen LogP contribution in [0.2, 0.25) is 0 Å². The van der Waals surface area contributed by atoms with E-state index in [9.17, 15) is 0 Å². The van der Waals surface area contributed by atoms with Crippen LogP contribution in [0.5, 0.6) is 5.75 Å². The smallest absolute Gasteiger partial charge is 0.191 e. The third-order valence-electron chi connectivity index (χ3n) is 5.17. The summed E-state index contributed by atoms with van der Waals surface area (Å²) in [4.78, 5) is 8.68. The minimum atomic E-state index is 0.362. The lowest BCUT2D eigenvalue weighted by Gasteiger charge is -2.18. The fraction of sp³-hybridized carbons (Fsp3) is 0.478. The zero-order valence-corrected chi connectivity index (χ0v) is 17.3. The van der Waals surface area contributed by atoms with Crippen LogP contribution >= 0.6 is 0 Å². The minimum absolute atomic E-state index is 0.362. The fourth-order valence-electron chi connectivity index (χ4n) is 3.47. The largest absolute Gasteiger partial charge is 0.490 e. The Labute approximate surface area is 168 Å². The van der Waals surface area contributed by atoms with Gasteiger partial charge in [-0.3, -0.25) is 9.98 Å². The predicted octanol–water partition coefficient (Wildman–Crippen LogP) is 3.93. The fourth-order valence-corrected chi connectivity index (χ4v) is 3.47. The normalized spacial score (nSPS) is 14.9. The molecule has 0 radical (unpaired) electrons. The molecule has 1 heterocycles. The Morgan fingerprint density at radius 1 is 1.14 bits per heavy atom. The quantitative estimate of drug-likeness (QED) is 0.564. The van der Waals surface area contributed by atoms with E-state index in [2.05, 4.69) is 51.8 Å². The topological polar surface area (TPSA) is 58.5 Å². The maximum absolute atomic E-state index is 6.29. The van der Waals surface area contributed by atoms with Gasteiger partial charge in [0.05, 0.1) is 6.10 Å². The molecule has 0 bridgehead atoms. The maximum Gasteiger partial charge on any atom is 0.191 e. The molecule has 1 aromatic heterocycles. The Balaban J connectivity index is 1.52. The summed E-state index contributed by atoms with van der Waals surface area (Å²) in [6, 6.07) is 10.6. The van der Waals surface area contributed by atoms with Crippen molar-refractivity contribution in [3.63, 3.8) is 0 Å². The van der Waals surface area contributed by atoms with E-state index >= 15 is 0 Å². The van der Waals surface area contributed by atoms with Gasteiger partial charge in [-0.15, -0.1) is 0 Å². The van der Waals surface area contributed by atoms with Crippen LogP contribution in [0.15, 0.2) is 41.5 Å². The zero-order chi connectivity index (χ0) is 19.8. The number of nitrogens with zero attached hydrogens (tertiary/aromatic N) is 2. The highest BCUT2D eigenvalue weighted by molar-refractivity contribution is 5.79. The molecule has 28 heavy (non-hydrogen) atoms. The second-order valence-corrected chi connectivity index (χ2v) is 7.55. The lowest BCUT2D eigenvalue weighted by atomic mass is 10.1. The molecule has 3 rings (SSSR count). The first kappa shape index (κ1) is 20.2. The number of ether oxygens (including phenoxy) is 1. The van der Waals surface area contributed by atoms with Crippen molar-refractivity contribution in [2.24, 2.45) is 4.99 Å². The highest BCUT2D eigenvalue weighted by atomic mass is 16.5. The van der Waals surface area contributed by atoms with Gasteiger partial charge in [0.25, 0.3) is 0 Å². The van der Waals surface area contributed by atoms with E-state index in [4.69, 9.17) is 4.74 Å². The minimum Gasteiger partial charge on any atom is -0.490 e. The molecule has 1 aromatic carbocycles. The molecule has 0 aliphatic heterocycles. The van der Waals surface area contributed by atoms with Crippen LogP contribution < -0.4 is 15.4 Å². The number of aromatic nitrogens is 1. The summed E-state index contributed by atoms with van der Waals surface area (Å²) in [5.41, 5.74) is 4.66. The lowest BCUT2D eigenvalue weighted by molar-refractivity contribution is 0.207. The molecule has 150 valence electrons. The lowest BCUT2D eigenvalue weighted by Crippen LogP contribution is -2.38. The van der Waals surface area contributed by atoms with Crippen LogP contribution in [0.25, 0.3) is 0 Å². The Bertz CT molecular complexity index is 780. The zero-order valence-electron chi connectivity index (χ0n) is 17.3. The molecule has 5 nitrogen and oxygen atoms in total. The average Bonchev–Trinajstić information content (AvgIpc) is 3.20. The summed E-state index contributed by atoms with van der Waals surface area (Å²) >= 11 is 0. The highest BCUT2D eigenvalue weighted by Crippen LogP contribution is 2.27. The molecule has 0 unspecified atom stereocenters. The van der Waals surface area contributed by atoms with Crippen molar-refractivity contribution in [1.29, 1.82) is 0 Å². The number of aryl methyl sites for hydroxylation is 2. The number of hydrogen-bond donors (Lipinski definition) is 2. The second kappa shape index (κ2) is 10.1. The van der Waals surface area contributed by atoms with Crippen LogP contribution in [-0.4, -0.2) is 30.6 Å².